The number of aromatic nitrogens is 1. The minimum Gasteiger partial charge on any atom is -0.452 e. The highest BCUT2D eigenvalue weighted by Crippen LogP contribution is 2.20. The second kappa shape index (κ2) is 5.25. The molecule has 21 heavy (non-hydrogen) atoms. The smallest absolute Gasteiger partial charge is 0.418 e. The van der Waals surface area contributed by atoms with E-state index < -0.39 is 6.09 Å². The van der Waals surface area contributed by atoms with Crippen LogP contribution in [0.4, 0.5) is 4.79 Å². The summed E-state index contributed by atoms with van der Waals surface area (Å²) in [6.07, 6.45) is 1.15. The Morgan fingerprint density at radius 3 is 2.43 bits per heavy atom. The van der Waals surface area contributed by atoms with E-state index in [4.69, 9.17) is 4.74 Å². The molecule has 3 rings (SSSR count). The second-order valence-electron chi connectivity index (χ2n) is 4.62. The summed E-state index contributed by atoms with van der Waals surface area (Å²) in [6.45, 7) is 0. The van der Waals surface area contributed by atoms with Crippen molar-refractivity contribution in [1.82, 2.24) is 4.57 Å². The number of carbonyl (C=O) groups excluding carboxylic acids is 2. The maximum atomic E-state index is 12.4. The van der Waals surface area contributed by atoms with Crippen molar-refractivity contribution in [2.45, 2.75) is 0 Å². The fraction of sp³-hybridized carbons (Fsp3) is 0.0588. The van der Waals surface area contributed by atoms with E-state index in [1.54, 1.807) is 30.5 Å². The molecule has 3 aromatic rings. The van der Waals surface area contributed by atoms with E-state index in [1.165, 1.54) is 11.7 Å². The first-order chi connectivity index (χ1) is 10.2. The summed E-state index contributed by atoms with van der Waals surface area (Å²) in [5, 5.41) is 0.880. The Morgan fingerprint density at radius 1 is 0.952 bits per heavy atom. The van der Waals surface area contributed by atoms with E-state index >= 15 is 0 Å². The minimum absolute atomic E-state index is 0.0740. The number of nitrogens with zero attached hydrogens (tertiary/aromatic N) is 1. The van der Waals surface area contributed by atoms with Crippen LogP contribution in [0.15, 0.2) is 60.8 Å². The molecule has 0 amide bonds. The van der Waals surface area contributed by atoms with Crippen LogP contribution in [0.3, 0.4) is 0 Å². The van der Waals surface area contributed by atoms with E-state index in [0.29, 0.717) is 16.6 Å². The number of fused-ring (bicyclic) bond motifs is 1. The number of ketones is 1. The van der Waals surface area contributed by atoms with E-state index in [2.05, 4.69) is 0 Å². The first kappa shape index (κ1) is 13.1. The van der Waals surface area contributed by atoms with Crippen LogP contribution in [0.5, 0.6) is 0 Å². The zero-order chi connectivity index (χ0) is 14.8. The van der Waals surface area contributed by atoms with Gasteiger partial charge in [-0.3, -0.25) is 9.36 Å². The summed E-state index contributed by atoms with van der Waals surface area (Å²) in [7, 11) is 1.33. The number of hydrogen-bond donors (Lipinski definition) is 0. The molecular formula is C17H13NO3. The third-order valence-electron chi connectivity index (χ3n) is 3.36. The molecule has 0 aliphatic carbocycles. The van der Waals surface area contributed by atoms with Crippen LogP contribution in [0, 0.1) is 0 Å². The topological polar surface area (TPSA) is 48.3 Å². The van der Waals surface area contributed by atoms with Crippen molar-refractivity contribution in [3.8, 4) is 0 Å². The molecule has 0 unspecified atom stereocenters. The van der Waals surface area contributed by atoms with Gasteiger partial charge in [0.2, 0.25) is 0 Å². The monoisotopic (exact) mass is 279 g/mol. The van der Waals surface area contributed by atoms with Crippen LogP contribution >= 0.6 is 0 Å². The van der Waals surface area contributed by atoms with E-state index in [1.807, 2.05) is 30.3 Å². The van der Waals surface area contributed by atoms with Gasteiger partial charge in [0, 0.05) is 22.7 Å². The Labute approximate surface area is 121 Å². The van der Waals surface area contributed by atoms with Crippen molar-refractivity contribution in [1.29, 1.82) is 0 Å². The van der Waals surface area contributed by atoms with Gasteiger partial charge in [0.15, 0.2) is 5.78 Å². The first-order valence-corrected chi connectivity index (χ1v) is 6.50. The summed E-state index contributed by atoms with van der Waals surface area (Å²) in [4.78, 5) is 24.1. The first-order valence-electron chi connectivity index (χ1n) is 6.50. The molecule has 0 spiro atoms. The zero-order valence-electron chi connectivity index (χ0n) is 11.4. The average Bonchev–Trinajstić information content (AvgIpc) is 2.97. The largest absolute Gasteiger partial charge is 0.452 e. The van der Waals surface area contributed by atoms with Crippen molar-refractivity contribution in [3.63, 3.8) is 0 Å². The molecule has 4 nitrogen and oxygen atoms in total. The van der Waals surface area contributed by atoms with Crippen molar-refractivity contribution < 1.29 is 14.3 Å². The van der Waals surface area contributed by atoms with Crippen molar-refractivity contribution in [2.24, 2.45) is 0 Å². The van der Waals surface area contributed by atoms with Crippen LogP contribution < -0.4 is 0 Å². The lowest BCUT2D eigenvalue weighted by Crippen LogP contribution is -2.10. The predicted octanol–water partition coefficient (Wildman–Crippen LogP) is 3.49. The molecule has 0 saturated heterocycles. The number of hydrogen-bond acceptors (Lipinski definition) is 3. The summed E-state index contributed by atoms with van der Waals surface area (Å²) in [5.74, 6) is -0.0740. The number of benzene rings is 2. The van der Waals surface area contributed by atoms with Gasteiger partial charge in [0.05, 0.1) is 12.6 Å². The Balaban J connectivity index is 2.08. The third-order valence-corrected chi connectivity index (χ3v) is 3.36. The van der Waals surface area contributed by atoms with Gasteiger partial charge in [-0.15, -0.1) is 0 Å². The van der Waals surface area contributed by atoms with Gasteiger partial charge < -0.3 is 4.74 Å². The highest BCUT2D eigenvalue weighted by atomic mass is 16.5. The van der Waals surface area contributed by atoms with Gasteiger partial charge in [-0.1, -0.05) is 42.5 Å². The molecule has 104 valence electrons. The molecule has 2 aromatic carbocycles. The van der Waals surface area contributed by atoms with Gasteiger partial charge in [-0.05, 0) is 12.1 Å². The molecule has 0 bridgehead atoms. The van der Waals surface area contributed by atoms with Crippen molar-refractivity contribution in [2.75, 3.05) is 7.11 Å². The lowest BCUT2D eigenvalue weighted by atomic mass is 10.0. The normalized spacial score (nSPS) is 10.5. The Kier molecular flexibility index (Phi) is 3.28. The Bertz CT molecular complexity index is 818. The molecule has 0 atom stereocenters. The lowest BCUT2D eigenvalue weighted by Gasteiger charge is -2.04. The predicted molar refractivity (Wildman–Crippen MR) is 79.6 cm³/mol. The second-order valence-corrected chi connectivity index (χ2v) is 4.62. The summed E-state index contributed by atoms with van der Waals surface area (Å²) in [6, 6.07) is 16.2. The Morgan fingerprint density at radius 2 is 1.71 bits per heavy atom. The standard InChI is InChI=1S/C17H13NO3/c1-21-17(20)18-10-9-12-7-8-14(11-15(12)18)16(19)13-5-3-2-4-6-13/h2-11H,1H3. The zero-order valence-corrected chi connectivity index (χ0v) is 11.4. The van der Waals surface area contributed by atoms with Gasteiger partial charge in [0.1, 0.15) is 0 Å². The number of rotatable bonds is 2. The molecule has 0 N–H and O–H groups in total. The molecule has 1 aromatic heterocycles. The van der Waals surface area contributed by atoms with Crippen LogP contribution in [0.25, 0.3) is 10.9 Å². The molecule has 0 fully saturated rings. The molecule has 0 radical (unpaired) electrons. The van der Waals surface area contributed by atoms with Gasteiger partial charge in [-0.2, -0.15) is 0 Å². The highest BCUT2D eigenvalue weighted by Gasteiger charge is 2.13. The van der Waals surface area contributed by atoms with Crippen molar-refractivity contribution in [3.05, 3.63) is 71.9 Å². The number of carbonyl (C=O) groups is 2. The number of ether oxygens (including phenoxy) is 1. The highest BCUT2D eigenvalue weighted by molar-refractivity contribution is 6.10. The molecule has 0 aliphatic rings. The maximum absolute atomic E-state index is 12.4. The van der Waals surface area contributed by atoms with Crippen LogP contribution in [0.2, 0.25) is 0 Å². The van der Waals surface area contributed by atoms with E-state index in [0.717, 1.165) is 5.39 Å². The van der Waals surface area contributed by atoms with E-state index in [-0.39, 0.29) is 5.78 Å². The molecule has 1 heterocycles. The summed E-state index contributed by atoms with van der Waals surface area (Å²) < 4.78 is 6.11. The molecule has 0 saturated carbocycles. The average molecular weight is 279 g/mol. The van der Waals surface area contributed by atoms with Crippen LogP contribution in [0.1, 0.15) is 15.9 Å². The Hall–Kier alpha value is -2.88. The summed E-state index contributed by atoms with van der Waals surface area (Å²) in [5.41, 5.74) is 1.81. The maximum Gasteiger partial charge on any atom is 0.418 e. The van der Waals surface area contributed by atoms with Crippen molar-refractivity contribution >= 4 is 22.8 Å². The van der Waals surface area contributed by atoms with Gasteiger partial charge in [-0.25, -0.2) is 4.79 Å². The van der Waals surface area contributed by atoms with Crippen LogP contribution in [-0.2, 0) is 4.74 Å². The third kappa shape index (κ3) is 2.31. The van der Waals surface area contributed by atoms with Gasteiger partial charge >= 0.3 is 6.09 Å². The minimum atomic E-state index is -0.477. The lowest BCUT2D eigenvalue weighted by molar-refractivity contribution is 0.103. The van der Waals surface area contributed by atoms with Crippen LogP contribution in [-0.4, -0.2) is 23.6 Å². The SMILES string of the molecule is COC(=O)n1ccc2ccc(C(=O)c3ccccc3)cc21. The van der Waals surface area contributed by atoms with Gasteiger partial charge in [0.25, 0.3) is 0 Å². The quantitative estimate of drug-likeness (QED) is 0.675. The summed E-state index contributed by atoms with van der Waals surface area (Å²) >= 11 is 0. The fourth-order valence-corrected chi connectivity index (χ4v) is 2.28. The molecule has 0 aliphatic heterocycles. The fourth-order valence-electron chi connectivity index (χ4n) is 2.28. The molecule has 4 heteroatoms. The molecular weight excluding hydrogens is 266 g/mol. The van der Waals surface area contributed by atoms with E-state index in [9.17, 15) is 9.59 Å². The number of methoxy groups -OCH3 is 1.